The van der Waals surface area contributed by atoms with Crippen molar-refractivity contribution in [2.45, 2.75) is 252 Å². The molecule has 2 nitrogen and oxygen atoms in total. The van der Waals surface area contributed by atoms with Gasteiger partial charge in [0.2, 0.25) is 0 Å². The average molecular weight is 631 g/mol. The monoisotopic (exact) mass is 631 g/mol. The zero-order chi connectivity index (χ0) is 32.3. The summed E-state index contributed by atoms with van der Waals surface area (Å²) >= 11 is 0. The van der Waals surface area contributed by atoms with Crippen LogP contribution in [0.25, 0.3) is 0 Å². The van der Waals surface area contributed by atoms with Gasteiger partial charge < -0.3 is 9.80 Å². The Morgan fingerprint density at radius 1 is 0.289 bits per heavy atom. The molecular formula is C43H86N2. The molecule has 1 heterocycles. The lowest BCUT2D eigenvalue weighted by Gasteiger charge is -2.33. The molecule has 268 valence electrons. The van der Waals surface area contributed by atoms with Crippen molar-refractivity contribution in [2.24, 2.45) is 0 Å². The van der Waals surface area contributed by atoms with E-state index >= 15 is 0 Å². The lowest BCUT2D eigenvalue weighted by atomic mass is 10.0. The minimum absolute atomic E-state index is 0.639. The molecular weight excluding hydrogens is 544 g/mol. The molecule has 0 radical (unpaired) electrons. The Bertz CT molecular complexity index is 586. The second-order valence-electron chi connectivity index (χ2n) is 15.0. The van der Waals surface area contributed by atoms with Crippen LogP contribution >= 0.6 is 0 Å². The summed E-state index contributed by atoms with van der Waals surface area (Å²) in [5, 5.41) is 0. The second kappa shape index (κ2) is 34.7. The van der Waals surface area contributed by atoms with Gasteiger partial charge in [-0.15, -0.1) is 0 Å². The van der Waals surface area contributed by atoms with Gasteiger partial charge in [-0.25, -0.2) is 0 Å². The maximum absolute atomic E-state index is 2.70. The molecule has 45 heavy (non-hydrogen) atoms. The van der Waals surface area contributed by atoms with Crippen LogP contribution < -0.4 is 0 Å². The smallest absolute Gasteiger partial charge is 0.101 e. The predicted molar refractivity (Wildman–Crippen MR) is 205 cm³/mol. The summed E-state index contributed by atoms with van der Waals surface area (Å²) in [5.74, 6) is 0. The molecule has 1 atom stereocenters. The van der Waals surface area contributed by atoms with Crippen molar-refractivity contribution in [2.75, 3.05) is 13.1 Å². The largest absolute Gasteiger partial charge is 0.356 e. The minimum atomic E-state index is 0.639. The standard InChI is InChI=1S/C43H86N2/c1-4-7-10-12-14-16-18-20-22-23-24-26-28-30-32-34-37-40-45-42-41-44(43(45)38-35-9-6-3)39-36-33-31-29-27-25-21-19-17-15-13-11-8-5-2/h41-43H,4-40H2,1-3H3. The van der Waals surface area contributed by atoms with Crippen molar-refractivity contribution in [1.29, 1.82) is 0 Å². The Kier molecular flexibility index (Phi) is 32.6. The van der Waals surface area contributed by atoms with Crippen molar-refractivity contribution < 1.29 is 0 Å². The van der Waals surface area contributed by atoms with E-state index in [0.29, 0.717) is 6.17 Å². The Hall–Kier alpha value is -0.660. The number of unbranched alkanes of at least 4 members (excludes halogenated alkanes) is 31. The molecule has 2 heteroatoms. The molecule has 1 rings (SSSR count). The summed E-state index contributed by atoms with van der Waals surface area (Å²) in [5.41, 5.74) is 0. The van der Waals surface area contributed by atoms with Gasteiger partial charge in [-0.1, -0.05) is 220 Å². The van der Waals surface area contributed by atoms with Crippen molar-refractivity contribution in [3.05, 3.63) is 12.4 Å². The zero-order valence-electron chi connectivity index (χ0n) is 31.8. The third kappa shape index (κ3) is 27.0. The highest BCUT2D eigenvalue weighted by atomic mass is 15.4. The summed E-state index contributed by atoms with van der Waals surface area (Å²) in [4.78, 5) is 5.40. The predicted octanol–water partition coefficient (Wildman–Crippen LogP) is 15.1. The van der Waals surface area contributed by atoms with E-state index in [9.17, 15) is 0 Å². The van der Waals surface area contributed by atoms with E-state index in [1.165, 1.54) is 238 Å². The van der Waals surface area contributed by atoms with Gasteiger partial charge in [0, 0.05) is 25.5 Å². The quantitative estimate of drug-likeness (QED) is 0.0630. The lowest BCUT2D eigenvalue weighted by Crippen LogP contribution is -2.39. The Labute approximate surface area is 286 Å². The van der Waals surface area contributed by atoms with Crippen LogP contribution in [0.5, 0.6) is 0 Å². The van der Waals surface area contributed by atoms with Gasteiger partial charge in [0.25, 0.3) is 0 Å². The fourth-order valence-corrected chi connectivity index (χ4v) is 7.42. The molecule has 0 amide bonds. The molecule has 0 saturated carbocycles. The highest BCUT2D eigenvalue weighted by molar-refractivity contribution is 4.97. The first-order valence-electron chi connectivity index (χ1n) is 21.5. The number of hydrogen-bond acceptors (Lipinski definition) is 2. The van der Waals surface area contributed by atoms with Crippen LogP contribution in [0, 0.1) is 0 Å². The maximum atomic E-state index is 2.70. The van der Waals surface area contributed by atoms with Crippen molar-refractivity contribution in [3.63, 3.8) is 0 Å². The third-order valence-corrected chi connectivity index (χ3v) is 10.6. The molecule has 0 fully saturated rings. The fraction of sp³-hybridized carbons (Fsp3) is 0.953. The molecule has 0 aromatic carbocycles. The zero-order valence-corrected chi connectivity index (χ0v) is 31.8. The molecule has 0 saturated heterocycles. The molecule has 0 aromatic heterocycles. The van der Waals surface area contributed by atoms with E-state index in [1.54, 1.807) is 0 Å². The van der Waals surface area contributed by atoms with Crippen LogP contribution in [-0.4, -0.2) is 29.1 Å². The molecule has 1 aliphatic heterocycles. The summed E-state index contributed by atoms with van der Waals surface area (Å²) in [6.45, 7) is 9.49. The molecule has 0 spiro atoms. The Balaban J connectivity index is 2.00. The van der Waals surface area contributed by atoms with Gasteiger partial charge in [0.1, 0.15) is 6.17 Å². The van der Waals surface area contributed by atoms with E-state index < -0.39 is 0 Å². The van der Waals surface area contributed by atoms with Crippen LogP contribution in [0.4, 0.5) is 0 Å². The van der Waals surface area contributed by atoms with Gasteiger partial charge in [-0.3, -0.25) is 0 Å². The van der Waals surface area contributed by atoms with Gasteiger partial charge in [-0.05, 0) is 25.7 Å². The summed E-state index contributed by atoms with van der Waals surface area (Å²) in [6.07, 6.45) is 55.9. The first kappa shape index (κ1) is 42.4. The first-order chi connectivity index (χ1) is 22.3. The number of rotatable bonds is 37. The van der Waals surface area contributed by atoms with Gasteiger partial charge >= 0.3 is 0 Å². The molecule has 1 unspecified atom stereocenters. The molecule has 0 N–H and O–H groups in total. The highest BCUT2D eigenvalue weighted by Crippen LogP contribution is 2.24. The fourth-order valence-electron chi connectivity index (χ4n) is 7.42. The van der Waals surface area contributed by atoms with Gasteiger partial charge in [0.05, 0.1) is 0 Å². The van der Waals surface area contributed by atoms with E-state index in [2.05, 4.69) is 43.0 Å². The van der Waals surface area contributed by atoms with Gasteiger partial charge in [0.15, 0.2) is 0 Å². The van der Waals surface area contributed by atoms with E-state index in [1.807, 2.05) is 0 Å². The third-order valence-electron chi connectivity index (χ3n) is 10.6. The summed E-state index contributed by atoms with van der Waals surface area (Å²) < 4.78 is 0. The minimum Gasteiger partial charge on any atom is -0.356 e. The highest BCUT2D eigenvalue weighted by Gasteiger charge is 2.24. The molecule has 0 aromatic rings. The molecule has 1 aliphatic rings. The van der Waals surface area contributed by atoms with E-state index in [-0.39, 0.29) is 0 Å². The van der Waals surface area contributed by atoms with Crippen molar-refractivity contribution >= 4 is 0 Å². The van der Waals surface area contributed by atoms with Crippen LogP contribution in [0.3, 0.4) is 0 Å². The van der Waals surface area contributed by atoms with Crippen LogP contribution in [0.1, 0.15) is 245 Å². The summed E-state index contributed by atoms with van der Waals surface area (Å²) in [6, 6.07) is 0. The Morgan fingerprint density at radius 2 is 0.511 bits per heavy atom. The molecule has 0 bridgehead atoms. The maximum Gasteiger partial charge on any atom is 0.101 e. The van der Waals surface area contributed by atoms with Crippen molar-refractivity contribution in [1.82, 2.24) is 9.80 Å². The van der Waals surface area contributed by atoms with Gasteiger partial charge in [-0.2, -0.15) is 0 Å². The normalized spacial score (nSPS) is 14.8. The van der Waals surface area contributed by atoms with Crippen molar-refractivity contribution in [3.8, 4) is 0 Å². The average Bonchev–Trinajstić information content (AvgIpc) is 3.43. The SMILES string of the molecule is CCCCCCCCCCCCCCCCCCCN1C=CN(CCCCCCCCCCCCCCCC)C1CCCCC. The number of hydrogen-bond donors (Lipinski definition) is 0. The second-order valence-corrected chi connectivity index (χ2v) is 15.0. The Morgan fingerprint density at radius 3 is 0.778 bits per heavy atom. The van der Waals surface area contributed by atoms with E-state index in [0.717, 1.165) is 0 Å². The molecule has 0 aliphatic carbocycles. The summed E-state index contributed by atoms with van der Waals surface area (Å²) in [7, 11) is 0. The lowest BCUT2D eigenvalue weighted by molar-refractivity contribution is 0.135. The van der Waals surface area contributed by atoms with E-state index in [4.69, 9.17) is 0 Å². The van der Waals surface area contributed by atoms with Crippen LogP contribution in [0.2, 0.25) is 0 Å². The first-order valence-corrected chi connectivity index (χ1v) is 21.5. The topological polar surface area (TPSA) is 6.48 Å². The van der Waals surface area contributed by atoms with Crippen LogP contribution in [0.15, 0.2) is 12.4 Å². The number of nitrogens with zero attached hydrogens (tertiary/aromatic N) is 2. The van der Waals surface area contributed by atoms with Crippen LogP contribution in [-0.2, 0) is 0 Å².